The van der Waals surface area contributed by atoms with E-state index in [1.54, 1.807) is 0 Å². The lowest BCUT2D eigenvalue weighted by molar-refractivity contribution is -0.123. The Morgan fingerprint density at radius 1 is 1.32 bits per heavy atom. The maximum Gasteiger partial charge on any atom is 0.222 e. The molecule has 2 atom stereocenters. The summed E-state index contributed by atoms with van der Waals surface area (Å²) in [5.74, 6) is 1.00. The summed E-state index contributed by atoms with van der Waals surface area (Å²) >= 11 is 0. The van der Waals surface area contributed by atoms with Gasteiger partial charge in [0.05, 0.1) is 12.5 Å². The van der Waals surface area contributed by atoms with Crippen LogP contribution in [-0.4, -0.2) is 47.9 Å². The molecule has 1 amide bonds. The lowest BCUT2D eigenvalue weighted by Gasteiger charge is -2.36. The average Bonchev–Trinajstić information content (AvgIpc) is 3.14. The van der Waals surface area contributed by atoms with Crippen LogP contribution in [0.5, 0.6) is 0 Å². The fraction of sp³-hybridized carbons (Fsp3) is 0.684. The van der Waals surface area contributed by atoms with Crippen molar-refractivity contribution in [3.05, 3.63) is 23.9 Å². The third-order valence-electron chi connectivity index (χ3n) is 5.12. The van der Waals surface area contributed by atoms with Gasteiger partial charge < -0.3 is 20.1 Å². The molecule has 0 bridgehead atoms. The Morgan fingerprint density at radius 3 is 2.96 bits per heavy atom. The standard InChI is InChI=1S/C19H29N3O3/c23-10-8-16-4-1-2-9-22(16)18-7-6-15(13-20-18)14-21-19(24)12-17-5-3-11-25-17/h6-7,13,16-17,23H,1-5,8-12,14H2,(H,21,24). The van der Waals surface area contributed by atoms with Crippen molar-refractivity contribution in [3.63, 3.8) is 0 Å². The van der Waals surface area contributed by atoms with Crippen LogP contribution in [-0.2, 0) is 16.1 Å². The quantitative estimate of drug-likeness (QED) is 0.789. The van der Waals surface area contributed by atoms with E-state index in [1.165, 1.54) is 12.8 Å². The summed E-state index contributed by atoms with van der Waals surface area (Å²) in [5, 5.41) is 12.2. The van der Waals surface area contributed by atoms with E-state index in [4.69, 9.17) is 4.74 Å². The van der Waals surface area contributed by atoms with Crippen molar-refractivity contribution in [3.8, 4) is 0 Å². The molecule has 3 heterocycles. The second kappa shape index (κ2) is 9.15. The lowest BCUT2D eigenvalue weighted by atomic mass is 9.99. The topological polar surface area (TPSA) is 74.7 Å². The molecule has 0 radical (unpaired) electrons. The molecule has 0 aliphatic carbocycles. The summed E-state index contributed by atoms with van der Waals surface area (Å²) in [6.07, 6.45) is 8.70. The van der Waals surface area contributed by atoms with Gasteiger partial charge in [-0.05, 0) is 50.2 Å². The van der Waals surface area contributed by atoms with Crippen molar-refractivity contribution in [2.24, 2.45) is 0 Å². The number of ether oxygens (including phenoxy) is 1. The Kier molecular flexibility index (Phi) is 6.64. The molecule has 1 aromatic heterocycles. The molecule has 0 spiro atoms. The first-order valence-electron chi connectivity index (χ1n) is 9.47. The third-order valence-corrected chi connectivity index (χ3v) is 5.12. The van der Waals surface area contributed by atoms with Gasteiger partial charge in [0.2, 0.25) is 5.91 Å². The normalized spacial score (nSPS) is 23.6. The molecular formula is C19H29N3O3. The number of anilines is 1. The van der Waals surface area contributed by atoms with Crippen molar-refractivity contribution in [2.45, 2.75) is 63.6 Å². The van der Waals surface area contributed by atoms with Gasteiger partial charge in [-0.3, -0.25) is 4.79 Å². The maximum absolute atomic E-state index is 12.0. The number of aromatic nitrogens is 1. The van der Waals surface area contributed by atoms with Crippen LogP contribution in [0.2, 0.25) is 0 Å². The minimum absolute atomic E-state index is 0.0371. The fourth-order valence-electron chi connectivity index (χ4n) is 3.73. The van der Waals surface area contributed by atoms with E-state index >= 15 is 0 Å². The minimum Gasteiger partial charge on any atom is -0.396 e. The van der Waals surface area contributed by atoms with Crippen LogP contribution in [0.4, 0.5) is 5.82 Å². The predicted octanol–water partition coefficient (Wildman–Crippen LogP) is 2.01. The van der Waals surface area contributed by atoms with Gasteiger partial charge in [0.15, 0.2) is 0 Å². The van der Waals surface area contributed by atoms with Gasteiger partial charge in [-0.1, -0.05) is 6.07 Å². The van der Waals surface area contributed by atoms with Gasteiger partial charge in [-0.25, -0.2) is 4.98 Å². The van der Waals surface area contributed by atoms with Crippen molar-refractivity contribution >= 4 is 11.7 Å². The summed E-state index contributed by atoms with van der Waals surface area (Å²) in [5.41, 5.74) is 1.00. The molecule has 2 aliphatic rings. The molecule has 2 saturated heterocycles. The Balaban J connectivity index is 1.50. The minimum atomic E-state index is 0.0371. The number of nitrogens with one attached hydrogen (secondary N) is 1. The average molecular weight is 347 g/mol. The van der Waals surface area contributed by atoms with E-state index < -0.39 is 0 Å². The first kappa shape index (κ1) is 18.1. The van der Waals surface area contributed by atoms with Crippen molar-refractivity contribution in [2.75, 3.05) is 24.7 Å². The molecule has 0 aromatic carbocycles. The highest BCUT2D eigenvalue weighted by Gasteiger charge is 2.23. The highest BCUT2D eigenvalue weighted by Crippen LogP contribution is 2.25. The zero-order chi connectivity index (χ0) is 17.5. The number of nitrogens with zero attached hydrogens (tertiary/aromatic N) is 2. The SMILES string of the molecule is O=C(CC1CCCO1)NCc1ccc(N2CCCCC2CCO)nc1. The number of carbonyl (C=O) groups excluding carboxylic acids is 1. The number of pyridine rings is 1. The van der Waals surface area contributed by atoms with Crippen LogP contribution < -0.4 is 10.2 Å². The first-order chi connectivity index (χ1) is 12.3. The zero-order valence-electron chi connectivity index (χ0n) is 14.8. The van der Waals surface area contributed by atoms with Crippen molar-refractivity contribution in [1.29, 1.82) is 0 Å². The molecule has 0 saturated carbocycles. The lowest BCUT2D eigenvalue weighted by Crippen LogP contribution is -2.40. The Morgan fingerprint density at radius 2 is 2.24 bits per heavy atom. The van der Waals surface area contributed by atoms with E-state index in [-0.39, 0.29) is 18.6 Å². The molecule has 3 rings (SSSR count). The number of aliphatic hydroxyl groups is 1. The van der Waals surface area contributed by atoms with E-state index in [9.17, 15) is 9.90 Å². The second-order valence-corrected chi connectivity index (χ2v) is 7.00. The van der Waals surface area contributed by atoms with E-state index in [0.717, 1.165) is 50.2 Å². The van der Waals surface area contributed by atoms with Gasteiger partial charge in [-0.15, -0.1) is 0 Å². The summed E-state index contributed by atoms with van der Waals surface area (Å²) in [6, 6.07) is 4.43. The number of hydrogen-bond donors (Lipinski definition) is 2. The van der Waals surface area contributed by atoms with E-state index in [2.05, 4.69) is 15.2 Å². The molecule has 2 aliphatic heterocycles. The third kappa shape index (κ3) is 5.16. The molecule has 6 heteroatoms. The highest BCUT2D eigenvalue weighted by molar-refractivity contribution is 5.76. The Bertz CT molecular complexity index is 541. The maximum atomic E-state index is 12.0. The number of carbonyl (C=O) groups is 1. The van der Waals surface area contributed by atoms with Gasteiger partial charge in [0.1, 0.15) is 5.82 Å². The van der Waals surface area contributed by atoms with Crippen LogP contribution in [0.1, 0.15) is 50.5 Å². The molecule has 2 fully saturated rings. The van der Waals surface area contributed by atoms with Gasteiger partial charge >= 0.3 is 0 Å². The molecule has 6 nitrogen and oxygen atoms in total. The zero-order valence-corrected chi connectivity index (χ0v) is 14.8. The first-order valence-corrected chi connectivity index (χ1v) is 9.47. The molecule has 2 unspecified atom stereocenters. The van der Waals surface area contributed by atoms with Crippen LogP contribution in [0.15, 0.2) is 18.3 Å². The number of hydrogen-bond acceptors (Lipinski definition) is 5. The molecule has 138 valence electrons. The Hall–Kier alpha value is -1.66. The summed E-state index contributed by atoms with van der Waals surface area (Å²) in [6.45, 7) is 2.49. The van der Waals surface area contributed by atoms with Crippen LogP contribution in [0.25, 0.3) is 0 Å². The molecule has 1 aromatic rings. The van der Waals surface area contributed by atoms with Crippen LogP contribution in [0, 0.1) is 0 Å². The number of piperidine rings is 1. The predicted molar refractivity (Wildman–Crippen MR) is 96.4 cm³/mol. The smallest absolute Gasteiger partial charge is 0.222 e. The van der Waals surface area contributed by atoms with Crippen molar-refractivity contribution < 1.29 is 14.6 Å². The molecule has 2 N–H and O–H groups in total. The van der Waals surface area contributed by atoms with E-state index in [0.29, 0.717) is 19.0 Å². The molecule has 25 heavy (non-hydrogen) atoms. The van der Waals surface area contributed by atoms with Gasteiger partial charge in [-0.2, -0.15) is 0 Å². The van der Waals surface area contributed by atoms with Gasteiger partial charge in [0, 0.05) is 38.5 Å². The van der Waals surface area contributed by atoms with Crippen LogP contribution >= 0.6 is 0 Å². The number of amides is 1. The van der Waals surface area contributed by atoms with Crippen LogP contribution in [0.3, 0.4) is 0 Å². The largest absolute Gasteiger partial charge is 0.396 e. The Labute approximate surface area is 149 Å². The highest BCUT2D eigenvalue weighted by atomic mass is 16.5. The number of aliphatic hydroxyl groups excluding tert-OH is 1. The summed E-state index contributed by atoms with van der Waals surface area (Å²) in [7, 11) is 0. The van der Waals surface area contributed by atoms with E-state index in [1.807, 2.05) is 18.3 Å². The van der Waals surface area contributed by atoms with Gasteiger partial charge in [0.25, 0.3) is 0 Å². The monoisotopic (exact) mass is 347 g/mol. The molecular weight excluding hydrogens is 318 g/mol. The summed E-state index contributed by atoms with van der Waals surface area (Å²) < 4.78 is 5.49. The summed E-state index contributed by atoms with van der Waals surface area (Å²) in [4.78, 5) is 18.8. The number of rotatable bonds is 7. The second-order valence-electron chi connectivity index (χ2n) is 7.00. The fourth-order valence-corrected chi connectivity index (χ4v) is 3.73. The van der Waals surface area contributed by atoms with Crippen molar-refractivity contribution in [1.82, 2.24) is 10.3 Å².